The molecule has 160 valence electrons. The molecule has 1 amide bonds. The Hall–Kier alpha value is -3.22. The Labute approximate surface area is 176 Å². The number of hydrogen-bond donors (Lipinski definition) is 2. The van der Waals surface area contributed by atoms with Crippen molar-refractivity contribution in [3.63, 3.8) is 0 Å². The third-order valence-electron chi connectivity index (χ3n) is 4.96. The van der Waals surface area contributed by atoms with E-state index in [9.17, 15) is 9.59 Å². The van der Waals surface area contributed by atoms with Gasteiger partial charge in [0.2, 0.25) is 0 Å². The van der Waals surface area contributed by atoms with E-state index in [0.717, 1.165) is 17.5 Å². The van der Waals surface area contributed by atoms with Crippen LogP contribution in [0.25, 0.3) is 0 Å². The van der Waals surface area contributed by atoms with Crippen LogP contribution < -0.4 is 20.5 Å². The van der Waals surface area contributed by atoms with Gasteiger partial charge in [0.1, 0.15) is 0 Å². The number of nitrogens with one attached hydrogen (secondary N) is 1. The molecule has 0 fully saturated rings. The van der Waals surface area contributed by atoms with Crippen LogP contribution in [0.1, 0.15) is 47.8 Å². The Kier molecular flexibility index (Phi) is 6.82. The Morgan fingerprint density at radius 1 is 1.10 bits per heavy atom. The first-order valence-electron chi connectivity index (χ1n) is 10.1. The predicted molar refractivity (Wildman–Crippen MR) is 114 cm³/mol. The van der Waals surface area contributed by atoms with Gasteiger partial charge in [0.15, 0.2) is 18.1 Å². The highest BCUT2D eigenvalue weighted by Gasteiger charge is 2.22. The molecule has 7 heteroatoms. The van der Waals surface area contributed by atoms with Crippen LogP contribution in [0.2, 0.25) is 0 Å². The van der Waals surface area contributed by atoms with Gasteiger partial charge in [0.05, 0.1) is 24.8 Å². The van der Waals surface area contributed by atoms with Crippen LogP contribution in [-0.2, 0) is 9.53 Å². The van der Waals surface area contributed by atoms with Gasteiger partial charge in [0, 0.05) is 12.1 Å². The van der Waals surface area contributed by atoms with Gasteiger partial charge in [-0.25, -0.2) is 4.79 Å². The van der Waals surface area contributed by atoms with E-state index in [2.05, 4.69) is 5.32 Å². The minimum Gasteiger partial charge on any atom is -0.490 e. The van der Waals surface area contributed by atoms with Crippen LogP contribution in [-0.4, -0.2) is 31.7 Å². The summed E-state index contributed by atoms with van der Waals surface area (Å²) in [6.07, 6.45) is 0.826. The van der Waals surface area contributed by atoms with E-state index < -0.39 is 5.97 Å². The van der Waals surface area contributed by atoms with E-state index in [1.54, 1.807) is 18.2 Å². The first kappa shape index (κ1) is 21.5. The molecule has 0 radical (unpaired) electrons. The Bertz CT molecular complexity index is 926. The zero-order valence-electron chi connectivity index (χ0n) is 17.6. The average molecular weight is 412 g/mol. The normalized spacial score (nSPS) is 14.0. The molecule has 0 saturated heterocycles. The number of benzene rings is 2. The lowest BCUT2D eigenvalue weighted by atomic mass is 9.95. The molecule has 1 atom stereocenters. The Balaban J connectivity index is 1.63. The molecule has 30 heavy (non-hydrogen) atoms. The van der Waals surface area contributed by atoms with Crippen LogP contribution in [0.5, 0.6) is 11.5 Å². The monoisotopic (exact) mass is 412 g/mol. The zero-order valence-corrected chi connectivity index (χ0v) is 17.6. The number of carbonyl (C=O) groups excluding carboxylic acids is 2. The molecule has 3 N–H and O–H groups in total. The molecular formula is C23H28N2O5. The number of esters is 1. The van der Waals surface area contributed by atoms with Crippen molar-refractivity contribution in [2.24, 2.45) is 5.92 Å². The smallest absolute Gasteiger partial charge is 0.338 e. The summed E-state index contributed by atoms with van der Waals surface area (Å²) in [7, 11) is 0. The number of nitrogen functional groups attached to an aromatic ring is 1. The summed E-state index contributed by atoms with van der Waals surface area (Å²) in [6, 6.07) is 10.3. The van der Waals surface area contributed by atoms with Gasteiger partial charge in [-0.15, -0.1) is 0 Å². The second kappa shape index (κ2) is 9.52. The highest BCUT2D eigenvalue weighted by molar-refractivity contribution is 5.92. The molecular weight excluding hydrogens is 384 g/mol. The van der Waals surface area contributed by atoms with Crippen molar-refractivity contribution in [3.8, 4) is 11.5 Å². The van der Waals surface area contributed by atoms with Crippen LogP contribution >= 0.6 is 0 Å². The third kappa shape index (κ3) is 5.23. The average Bonchev–Trinajstić information content (AvgIpc) is 2.96. The summed E-state index contributed by atoms with van der Waals surface area (Å²) in [5, 5.41) is 2.95. The van der Waals surface area contributed by atoms with Crippen molar-refractivity contribution in [2.75, 3.05) is 25.6 Å². The molecule has 1 aliphatic heterocycles. The number of amides is 1. The van der Waals surface area contributed by atoms with Gasteiger partial charge in [0.25, 0.3) is 5.91 Å². The van der Waals surface area contributed by atoms with Gasteiger partial charge < -0.3 is 25.3 Å². The van der Waals surface area contributed by atoms with E-state index in [1.807, 2.05) is 39.0 Å². The Morgan fingerprint density at radius 3 is 2.53 bits per heavy atom. The molecule has 0 unspecified atom stereocenters. The molecule has 1 heterocycles. The lowest BCUT2D eigenvalue weighted by Gasteiger charge is -2.24. The van der Waals surface area contributed by atoms with E-state index in [4.69, 9.17) is 19.9 Å². The van der Waals surface area contributed by atoms with Crippen molar-refractivity contribution in [1.29, 1.82) is 0 Å². The Morgan fingerprint density at radius 2 is 1.83 bits per heavy atom. The van der Waals surface area contributed by atoms with Crippen LogP contribution in [0, 0.1) is 12.8 Å². The summed E-state index contributed by atoms with van der Waals surface area (Å²) in [6.45, 7) is 6.71. The molecule has 0 bridgehead atoms. The number of aryl methyl sites for hydroxylation is 1. The fourth-order valence-corrected chi connectivity index (χ4v) is 3.21. The first-order chi connectivity index (χ1) is 14.3. The van der Waals surface area contributed by atoms with Gasteiger partial charge in [-0.1, -0.05) is 26.0 Å². The van der Waals surface area contributed by atoms with Crippen molar-refractivity contribution in [1.82, 2.24) is 5.32 Å². The van der Waals surface area contributed by atoms with Gasteiger partial charge in [-0.05, 0) is 48.2 Å². The summed E-state index contributed by atoms with van der Waals surface area (Å²) in [4.78, 5) is 24.7. The number of hydrogen-bond acceptors (Lipinski definition) is 6. The van der Waals surface area contributed by atoms with E-state index in [1.165, 1.54) is 0 Å². The SMILES string of the molecule is Cc1ccc(C(=O)OCC(=O)N[C@H](c2ccc3c(c2)OCCCO3)C(C)C)cc1N. The molecule has 7 nitrogen and oxygen atoms in total. The molecule has 0 aliphatic carbocycles. The maximum Gasteiger partial charge on any atom is 0.338 e. The van der Waals surface area contributed by atoms with Crippen molar-refractivity contribution in [3.05, 3.63) is 53.1 Å². The zero-order chi connectivity index (χ0) is 21.7. The summed E-state index contributed by atoms with van der Waals surface area (Å²) >= 11 is 0. The number of rotatable bonds is 6. The second-order valence-electron chi connectivity index (χ2n) is 7.69. The predicted octanol–water partition coefficient (Wildman–Crippen LogP) is 3.41. The molecule has 2 aromatic carbocycles. The first-order valence-corrected chi connectivity index (χ1v) is 10.1. The van der Waals surface area contributed by atoms with Crippen molar-refractivity contribution in [2.45, 2.75) is 33.2 Å². The number of carbonyl (C=O) groups is 2. The summed E-state index contributed by atoms with van der Waals surface area (Å²) in [5.74, 6) is 0.527. The fourth-order valence-electron chi connectivity index (χ4n) is 3.21. The van der Waals surface area contributed by atoms with Crippen LogP contribution in [0.4, 0.5) is 5.69 Å². The summed E-state index contributed by atoms with van der Waals surface area (Å²) < 4.78 is 16.6. The molecule has 1 aliphatic rings. The van der Waals surface area contributed by atoms with E-state index in [-0.39, 0.29) is 24.5 Å². The van der Waals surface area contributed by atoms with Crippen molar-refractivity contribution < 1.29 is 23.8 Å². The lowest BCUT2D eigenvalue weighted by molar-refractivity contribution is -0.125. The quantitative estimate of drug-likeness (QED) is 0.557. The third-order valence-corrected chi connectivity index (χ3v) is 4.96. The van der Waals surface area contributed by atoms with Gasteiger partial charge in [-0.2, -0.15) is 0 Å². The second-order valence-corrected chi connectivity index (χ2v) is 7.69. The van der Waals surface area contributed by atoms with Gasteiger partial charge >= 0.3 is 5.97 Å². The number of ether oxygens (including phenoxy) is 3. The molecule has 0 saturated carbocycles. The summed E-state index contributed by atoms with van der Waals surface area (Å²) in [5.41, 5.74) is 8.42. The van der Waals surface area contributed by atoms with Crippen molar-refractivity contribution >= 4 is 17.6 Å². The number of fused-ring (bicyclic) bond motifs is 1. The van der Waals surface area contributed by atoms with Crippen LogP contribution in [0.15, 0.2) is 36.4 Å². The largest absolute Gasteiger partial charge is 0.490 e. The minimum absolute atomic E-state index is 0.117. The van der Waals surface area contributed by atoms with E-state index in [0.29, 0.717) is 36.0 Å². The topological polar surface area (TPSA) is 99.9 Å². The number of nitrogens with two attached hydrogens (primary N) is 1. The minimum atomic E-state index is -0.589. The molecule has 0 aromatic heterocycles. The van der Waals surface area contributed by atoms with E-state index >= 15 is 0 Å². The standard InChI is InChI=1S/C23H28N2O5/c1-14(2)22(16-7-8-19-20(12-16)29-10-4-9-28-19)25-21(26)13-30-23(27)17-6-5-15(3)18(24)11-17/h5-8,11-12,14,22H,4,9-10,13,24H2,1-3H3,(H,25,26)/t22-/m0/s1. The molecule has 3 rings (SSSR count). The molecule has 2 aromatic rings. The highest BCUT2D eigenvalue weighted by Crippen LogP contribution is 2.34. The van der Waals surface area contributed by atoms with Crippen LogP contribution in [0.3, 0.4) is 0 Å². The molecule has 0 spiro atoms. The maximum absolute atomic E-state index is 12.5. The highest BCUT2D eigenvalue weighted by atomic mass is 16.5. The van der Waals surface area contributed by atoms with Gasteiger partial charge in [-0.3, -0.25) is 4.79 Å². The lowest BCUT2D eigenvalue weighted by Crippen LogP contribution is -2.35. The fraction of sp³-hybridized carbons (Fsp3) is 0.391. The number of anilines is 1. The maximum atomic E-state index is 12.5.